The zero-order valence-corrected chi connectivity index (χ0v) is 20.1. The summed E-state index contributed by atoms with van der Waals surface area (Å²) in [6, 6.07) is 21.9. The first-order chi connectivity index (χ1) is 17.9. The fourth-order valence-electron chi connectivity index (χ4n) is 5.05. The first kappa shape index (κ1) is 24.0. The molecule has 3 heterocycles. The molecule has 1 aliphatic heterocycles. The largest absolute Gasteiger partial charge is 0.508 e. The van der Waals surface area contributed by atoms with Crippen molar-refractivity contribution in [3.8, 4) is 11.8 Å². The number of aryl methyl sites for hydroxylation is 1. The minimum absolute atomic E-state index is 0.115. The van der Waals surface area contributed by atoms with E-state index in [-0.39, 0.29) is 28.7 Å². The average molecular weight is 497 g/mol. The van der Waals surface area contributed by atoms with Gasteiger partial charge >= 0.3 is 11.2 Å². The van der Waals surface area contributed by atoms with Crippen molar-refractivity contribution < 1.29 is 10.0 Å². The lowest BCUT2D eigenvalue weighted by atomic mass is 9.95. The van der Waals surface area contributed by atoms with Gasteiger partial charge in [0.05, 0.1) is 16.5 Å². The number of aromatic hydroxyl groups is 1. The minimum Gasteiger partial charge on any atom is -0.508 e. The average Bonchev–Trinajstić information content (AvgIpc) is 2.92. The second-order valence-electron chi connectivity index (χ2n) is 8.89. The van der Waals surface area contributed by atoms with Crippen LogP contribution in [0.1, 0.15) is 22.9 Å². The summed E-state index contributed by atoms with van der Waals surface area (Å²) in [5, 5.41) is 32.1. The molecule has 5 rings (SSSR count). The van der Waals surface area contributed by atoms with Gasteiger partial charge in [0.1, 0.15) is 23.0 Å². The molecule has 1 saturated heterocycles. The first-order valence-corrected chi connectivity index (χ1v) is 11.8. The van der Waals surface area contributed by atoms with Crippen molar-refractivity contribution in [3.05, 3.63) is 104 Å². The molecule has 0 saturated carbocycles. The Hall–Kier alpha value is -4.75. The summed E-state index contributed by atoms with van der Waals surface area (Å²) >= 11 is 0. The number of para-hydroxylation sites is 1. The third kappa shape index (κ3) is 4.26. The molecular formula is C27H24N6O4. The lowest BCUT2D eigenvalue weighted by molar-refractivity contribution is -0.385. The Morgan fingerprint density at radius 1 is 1.03 bits per heavy atom. The molecule has 186 valence electrons. The summed E-state index contributed by atoms with van der Waals surface area (Å²) < 4.78 is 1.20. The zero-order valence-electron chi connectivity index (χ0n) is 20.1. The van der Waals surface area contributed by atoms with E-state index in [4.69, 9.17) is 0 Å². The van der Waals surface area contributed by atoms with Gasteiger partial charge in [-0.25, -0.2) is 4.98 Å². The maximum Gasteiger partial charge on any atom is 0.359 e. The number of fused-ring (bicyclic) bond motifs is 1. The van der Waals surface area contributed by atoms with Gasteiger partial charge < -0.3 is 14.6 Å². The highest BCUT2D eigenvalue weighted by Gasteiger charge is 2.34. The van der Waals surface area contributed by atoms with Crippen molar-refractivity contribution in [1.82, 2.24) is 14.5 Å². The quantitative estimate of drug-likeness (QED) is 0.329. The highest BCUT2D eigenvalue weighted by Crippen LogP contribution is 2.37. The van der Waals surface area contributed by atoms with Gasteiger partial charge in [-0.2, -0.15) is 5.26 Å². The van der Waals surface area contributed by atoms with E-state index in [0.717, 1.165) is 11.1 Å². The monoisotopic (exact) mass is 496 g/mol. The number of nitrogens with zero attached hydrogens (tertiary/aromatic N) is 6. The van der Waals surface area contributed by atoms with Crippen LogP contribution >= 0.6 is 0 Å². The van der Waals surface area contributed by atoms with Crippen LogP contribution in [0.5, 0.6) is 5.75 Å². The molecule has 37 heavy (non-hydrogen) atoms. The highest BCUT2D eigenvalue weighted by molar-refractivity contribution is 5.94. The molecule has 1 aliphatic rings. The summed E-state index contributed by atoms with van der Waals surface area (Å²) in [4.78, 5) is 32.7. The van der Waals surface area contributed by atoms with Crippen LogP contribution in [0, 0.1) is 21.4 Å². The summed E-state index contributed by atoms with van der Waals surface area (Å²) in [6.07, 6.45) is 0. The number of piperazine rings is 1. The van der Waals surface area contributed by atoms with E-state index in [9.17, 15) is 25.3 Å². The molecule has 1 unspecified atom stereocenters. The molecule has 1 N–H and O–H groups in total. The molecule has 10 nitrogen and oxygen atoms in total. The molecule has 0 aliphatic carbocycles. The molecule has 2 aromatic carbocycles. The summed E-state index contributed by atoms with van der Waals surface area (Å²) in [5.74, 6) is 0.195. The van der Waals surface area contributed by atoms with Gasteiger partial charge in [0, 0.05) is 38.8 Å². The Kier molecular flexibility index (Phi) is 6.29. The normalized spacial score (nSPS) is 14.9. The van der Waals surface area contributed by atoms with Crippen LogP contribution in [0.25, 0.3) is 11.0 Å². The number of hydrogen-bond donors (Lipinski definition) is 1. The Balaban J connectivity index is 1.56. The van der Waals surface area contributed by atoms with Crippen LogP contribution in [0.3, 0.4) is 0 Å². The van der Waals surface area contributed by atoms with Crippen molar-refractivity contribution in [2.75, 3.05) is 31.1 Å². The molecule has 10 heteroatoms. The number of pyridine rings is 2. The minimum atomic E-state index is -0.724. The lowest BCUT2D eigenvalue weighted by Crippen LogP contribution is -2.48. The predicted octanol–water partition coefficient (Wildman–Crippen LogP) is 3.33. The van der Waals surface area contributed by atoms with Crippen LogP contribution in [0.2, 0.25) is 0 Å². The van der Waals surface area contributed by atoms with Gasteiger partial charge in [0.15, 0.2) is 5.69 Å². The van der Waals surface area contributed by atoms with E-state index in [1.165, 1.54) is 17.7 Å². The summed E-state index contributed by atoms with van der Waals surface area (Å²) in [5.41, 5.74) is 1.44. The number of anilines is 1. The van der Waals surface area contributed by atoms with Crippen molar-refractivity contribution in [2.45, 2.75) is 6.04 Å². The lowest BCUT2D eigenvalue weighted by Gasteiger charge is -2.40. The van der Waals surface area contributed by atoms with Crippen LogP contribution in [-0.2, 0) is 7.05 Å². The second kappa shape index (κ2) is 9.72. The van der Waals surface area contributed by atoms with Gasteiger partial charge in [0.25, 0.3) is 0 Å². The van der Waals surface area contributed by atoms with E-state index in [0.29, 0.717) is 31.7 Å². The second-order valence-corrected chi connectivity index (χ2v) is 8.89. The number of nitro groups is 1. The van der Waals surface area contributed by atoms with Gasteiger partial charge in [-0.1, -0.05) is 48.5 Å². The third-order valence-electron chi connectivity index (χ3n) is 6.83. The van der Waals surface area contributed by atoms with Crippen molar-refractivity contribution >= 4 is 22.4 Å². The predicted molar refractivity (Wildman–Crippen MR) is 139 cm³/mol. The smallest absolute Gasteiger partial charge is 0.359 e. The molecule has 0 radical (unpaired) electrons. The van der Waals surface area contributed by atoms with Crippen molar-refractivity contribution in [2.24, 2.45) is 7.05 Å². The van der Waals surface area contributed by atoms with E-state index in [1.807, 2.05) is 48.5 Å². The topological polar surface area (TPSA) is 129 Å². The van der Waals surface area contributed by atoms with Crippen molar-refractivity contribution in [3.63, 3.8) is 0 Å². The van der Waals surface area contributed by atoms with Gasteiger partial charge in [0.2, 0.25) is 0 Å². The van der Waals surface area contributed by atoms with E-state index in [1.54, 1.807) is 23.1 Å². The van der Waals surface area contributed by atoms with Gasteiger partial charge in [-0.05, 0) is 23.8 Å². The van der Waals surface area contributed by atoms with Gasteiger partial charge in [-0.3, -0.25) is 19.8 Å². The fourth-order valence-corrected chi connectivity index (χ4v) is 5.05. The summed E-state index contributed by atoms with van der Waals surface area (Å²) in [7, 11) is 1.46. The molecule has 0 amide bonds. The maximum absolute atomic E-state index is 13.0. The molecule has 1 atom stereocenters. The number of benzene rings is 2. The fraction of sp³-hybridized carbons (Fsp3) is 0.222. The summed E-state index contributed by atoms with van der Waals surface area (Å²) in [6.45, 7) is 1.80. The van der Waals surface area contributed by atoms with E-state index < -0.39 is 16.2 Å². The Morgan fingerprint density at radius 3 is 2.35 bits per heavy atom. The SMILES string of the molecule is Cn1c(=O)c([N+](=O)[O-])c(N2CCN(C(c3ccccc3)c3ccccc3O)CC2)c2nc(C#N)ccc21. The number of hydrogen-bond acceptors (Lipinski definition) is 8. The highest BCUT2D eigenvalue weighted by atomic mass is 16.6. The standard InChI is InChI=1S/C27H24N6O4/c1-30-21-12-11-19(17-28)29-23(21)25(26(27(30)35)33(36)37)32-15-13-31(14-16-32)24(18-7-3-2-4-8-18)20-9-5-6-10-22(20)34/h2-12,24,34H,13-16H2,1H3. The Bertz CT molecular complexity index is 1590. The molecule has 0 bridgehead atoms. The molecular weight excluding hydrogens is 472 g/mol. The van der Waals surface area contributed by atoms with E-state index >= 15 is 0 Å². The molecule has 4 aromatic rings. The molecule has 0 spiro atoms. The van der Waals surface area contributed by atoms with Crippen LogP contribution in [0.15, 0.2) is 71.5 Å². The Labute approximate surface area is 212 Å². The van der Waals surface area contributed by atoms with Crippen LogP contribution in [-0.4, -0.2) is 50.7 Å². The third-order valence-corrected chi connectivity index (χ3v) is 6.83. The van der Waals surface area contributed by atoms with E-state index in [2.05, 4.69) is 9.88 Å². The first-order valence-electron chi connectivity index (χ1n) is 11.8. The van der Waals surface area contributed by atoms with Crippen LogP contribution in [0.4, 0.5) is 11.4 Å². The Morgan fingerprint density at radius 2 is 1.70 bits per heavy atom. The van der Waals surface area contributed by atoms with Gasteiger partial charge in [-0.15, -0.1) is 0 Å². The zero-order chi connectivity index (χ0) is 26.1. The van der Waals surface area contributed by atoms with Crippen LogP contribution < -0.4 is 10.5 Å². The molecule has 1 fully saturated rings. The number of phenolic OH excluding ortho intramolecular Hbond substituents is 1. The number of rotatable bonds is 5. The van der Waals surface area contributed by atoms with Crippen molar-refractivity contribution in [1.29, 1.82) is 5.26 Å². The number of nitriles is 1. The number of aromatic nitrogens is 2. The molecule has 2 aromatic heterocycles. The number of phenols is 1. The maximum atomic E-state index is 13.0.